The van der Waals surface area contributed by atoms with Crippen LogP contribution < -0.4 is 20.7 Å². The Morgan fingerprint density at radius 3 is 2.17 bits per heavy atom. The maximum absolute atomic E-state index is 13.1. The van der Waals surface area contributed by atoms with Gasteiger partial charge in [-0.3, -0.25) is 19.2 Å². The molecule has 5 N–H and O–H groups in total. The van der Waals surface area contributed by atoms with Gasteiger partial charge in [0.15, 0.2) is 6.29 Å². The van der Waals surface area contributed by atoms with Crippen molar-refractivity contribution in [3.8, 4) is 5.75 Å². The normalized spacial score (nSPS) is 18.9. The Bertz CT molecular complexity index is 897. The summed E-state index contributed by atoms with van der Waals surface area (Å²) in [6.45, 7) is 6.66. The molecule has 11 heteroatoms. The minimum atomic E-state index is -1.34. The SMILES string of the molecule is CC(C)[C@H](NC(=O)[C@H](Cc1ccc(OC2CCCCO2)cc1)NC(=O)[C@H](C)O)C(=O)N[C@@H](C)C(=O)O. The molecule has 0 aromatic heterocycles. The summed E-state index contributed by atoms with van der Waals surface area (Å²) in [7, 11) is 0. The summed E-state index contributed by atoms with van der Waals surface area (Å²) in [5.74, 6) is -2.99. The summed E-state index contributed by atoms with van der Waals surface area (Å²) < 4.78 is 11.4. The Hall–Kier alpha value is -3.18. The number of hydrogen-bond acceptors (Lipinski definition) is 7. The van der Waals surface area contributed by atoms with E-state index in [4.69, 9.17) is 14.6 Å². The zero-order valence-corrected chi connectivity index (χ0v) is 21.2. The summed E-state index contributed by atoms with van der Waals surface area (Å²) in [5, 5.41) is 26.2. The largest absolute Gasteiger partial charge is 0.480 e. The van der Waals surface area contributed by atoms with Gasteiger partial charge < -0.3 is 35.6 Å². The van der Waals surface area contributed by atoms with Crippen LogP contribution >= 0.6 is 0 Å². The van der Waals surface area contributed by atoms with Crippen molar-refractivity contribution in [2.75, 3.05) is 6.61 Å². The van der Waals surface area contributed by atoms with Crippen LogP contribution in [0.5, 0.6) is 5.75 Å². The van der Waals surface area contributed by atoms with E-state index in [0.29, 0.717) is 17.9 Å². The molecule has 5 atom stereocenters. The molecule has 200 valence electrons. The Kier molecular flexibility index (Phi) is 11.1. The van der Waals surface area contributed by atoms with Gasteiger partial charge in [0.2, 0.25) is 17.7 Å². The molecule has 2 rings (SSSR count). The lowest BCUT2D eigenvalue weighted by Gasteiger charge is -2.26. The molecular formula is C25H37N3O8. The van der Waals surface area contributed by atoms with Crippen molar-refractivity contribution in [1.29, 1.82) is 0 Å². The molecule has 1 aliphatic heterocycles. The average Bonchev–Trinajstić information content (AvgIpc) is 2.83. The van der Waals surface area contributed by atoms with Crippen LogP contribution in [0, 0.1) is 5.92 Å². The second kappa shape index (κ2) is 13.8. The highest BCUT2D eigenvalue weighted by molar-refractivity contribution is 5.94. The van der Waals surface area contributed by atoms with Crippen LogP contribution in [0.4, 0.5) is 0 Å². The minimum absolute atomic E-state index is 0.0858. The summed E-state index contributed by atoms with van der Waals surface area (Å²) in [5.41, 5.74) is 0.711. The number of rotatable bonds is 12. The van der Waals surface area contributed by atoms with Gasteiger partial charge in [-0.05, 0) is 50.3 Å². The predicted molar refractivity (Wildman–Crippen MR) is 130 cm³/mol. The first kappa shape index (κ1) is 29.1. The molecule has 1 aromatic rings. The molecule has 1 fully saturated rings. The van der Waals surface area contributed by atoms with Gasteiger partial charge in [0.25, 0.3) is 0 Å². The van der Waals surface area contributed by atoms with Crippen LogP contribution in [-0.2, 0) is 30.3 Å². The maximum Gasteiger partial charge on any atom is 0.325 e. The molecule has 1 unspecified atom stereocenters. The third-order valence-corrected chi connectivity index (χ3v) is 5.76. The molecule has 3 amide bonds. The highest BCUT2D eigenvalue weighted by atomic mass is 16.7. The van der Waals surface area contributed by atoms with E-state index in [1.54, 1.807) is 38.1 Å². The van der Waals surface area contributed by atoms with E-state index in [-0.39, 0.29) is 18.6 Å². The first-order valence-electron chi connectivity index (χ1n) is 12.2. The Labute approximate surface area is 210 Å². The van der Waals surface area contributed by atoms with E-state index in [2.05, 4.69) is 16.0 Å². The molecule has 0 saturated carbocycles. The number of carboxylic acid groups (broad SMARTS) is 1. The van der Waals surface area contributed by atoms with Crippen LogP contribution in [0.25, 0.3) is 0 Å². The molecule has 0 spiro atoms. The molecule has 0 radical (unpaired) electrons. The van der Waals surface area contributed by atoms with E-state index in [9.17, 15) is 24.3 Å². The number of nitrogens with one attached hydrogen (secondary N) is 3. The van der Waals surface area contributed by atoms with Crippen LogP contribution in [0.15, 0.2) is 24.3 Å². The lowest BCUT2D eigenvalue weighted by atomic mass is 10.0. The lowest BCUT2D eigenvalue weighted by molar-refractivity contribution is -0.142. The van der Waals surface area contributed by atoms with Crippen molar-refractivity contribution in [1.82, 2.24) is 16.0 Å². The average molecular weight is 508 g/mol. The van der Waals surface area contributed by atoms with E-state index in [1.807, 2.05) is 0 Å². The number of aliphatic hydroxyl groups excluding tert-OH is 1. The van der Waals surface area contributed by atoms with Gasteiger partial charge in [-0.1, -0.05) is 26.0 Å². The first-order valence-corrected chi connectivity index (χ1v) is 12.2. The third-order valence-electron chi connectivity index (χ3n) is 5.76. The molecule has 11 nitrogen and oxygen atoms in total. The van der Waals surface area contributed by atoms with Crippen LogP contribution in [-0.4, -0.2) is 71.0 Å². The van der Waals surface area contributed by atoms with Crippen LogP contribution in [0.3, 0.4) is 0 Å². The van der Waals surface area contributed by atoms with E-state index < -0.39 is 47.9 Å². The van der Waals surface area contributed by atoms with Gasteiger partial charge in [0, 0.05) is 12.8 Å². The Balaban J connectivity index is 2.12. The molecule has 1 saturated heterocycles. The summed E-state index contributed by atoms with van der Waals surface area (Å²) in [4.78, 5) is 49.0. The topological polar surface area (TPSA) is 163 Å². The molecule has 1 aromatic carbocycles. The number of hydrogen-bond donors (Lipinski definition) is 5. The predicted octanol–water partition coefficient (Wildman–Crippen LogP) is 0.730. The number of carboxylic acids is 1. The van der Waals surface area contributed by atoms with Crippen molar-refractivity contribution in [2.45, 2.75) is 83.9 Å². The fraction of sp³-hybridized carbons (Fsp3) is 0.600. The number of ether oxygens (including phenoxy) is 2. The van der Waals surface area contributed by atoms with Crippen molar-refractivity contribution in [3.05, 3.63) is 29.8 Å². The fourth-order valence-electron chi connectivity index (χ4n) is 3.55. The minimum Gasteiger partial charge on any atom is -0.480 e. The van der Waals surface area contributed by atoms with E-state index in [1.165, 1.54) is 13.8 Å². The second-order valence-corrected chi connectivity index (χ2v) is 9.30. The third kappa shape index (κ3) is 9.12. The van der Waals surface area contributed by atoms with Crippen LogP contribution in [0.2, 0.25) is 0 Å². The Morgan fingerprint density at radius 1 is 0.972 bits per heavy atom. The molecule has 36 heavy (non-hydrogen) atoms. The Morgan fingerprint density at radius 2 is 1.64 bits per heavy atom. The highest BCUT2D eigenvalue weighted by Crippen LogP contribution is 2.20. The van der Waals surface area contributed by atoms with E-state index >= 15 is 0 Å². The molecular weight excluding hydrogens is 470 g/mol. The first-order chi connectivity index (χ1) is 17.0. The number of benzene rings is 1. The fourth-order valence-corrected chi connectivity index (χ4v) is 3.55. The van der Waals surface area contributed by atoms with Crippen LogP contribution in [0.1, 0.15) is 52.5 Å². The number of amides is 3. The zero-order chi connectivity index (χ0) is 26.8. The highest BCUT2D eigenvalue weighted by Gasteiger charge is 2.31. The molecule has 1 aliphatic rings. The van der Waals surface area contributed by atoms with E-state index in [0.717, 1.165) is 19.3 Å². The molecule has 1 heterocycles. The second-order valence-electron chi connectivity index (χ2n) is 9.30. The zero-order valence-electron chi connectivity index (χ0n) is 21.2. The standard InChI is InChI=1S/C25H37N3O8/c1-14(2)21(24(32)26-15(3)25(33)34)28-23(31)19(27-22(30)16(4)29)13-17-8-10-18(11-9-17)36-20-7-5-6-12-35-20/h8-11,14-16,19-21,29H,5-7,12-13H2,1-4H3,(H,26,32)(H,27,30)(H,28,31)(H,33,34)/t15-,16-,19-,20?,21-/m0/s1. The summed E-state index contributed by atoms with van der Waals surface area (Å²) in [6.07, 6.45) is 1.31. The maximum atomic E-state index is 13.1. The molecule has 0 bridgehead atoms. The summed E-state index contributed by atoms with van der Waals surface area (Å²) in [6, 6.07) is 3.75. The monoisotopic (exact) mass is 507 g/mol. The van der Waals surface area contributed by atoms with Gasteiger partial charge in [-0.25, -0.2) is 0 Å². The lowest BCUT2D eigenvalue weighted by Crippen LogP contribution is -2.58. The molecule has 0 aliphatic carbocycles. The van der Waals surface area contributed by atoms with Crippen molar-refractivity contribution in [2.24, 2.45) is 5.92 Å². The van der Waals surface area contributed by atoms with Gasteiger partial charge in [-0.2, -0.15) is 0 Å². The number of carbonyl (C=O) groups excluding carboxylic acids is 3. The quantitative estimate of drug-likeness (QED) is 0.276. The van der Waals surface area contributed by atoms with Crippen molar-refractivity contribution < 1.29 is 38.9 Å². The van der Waals surface area contributed by atoms with Gasteiger partial charge in [0.1, 0.15) is 30.0 Å². The number of aliphatic carboxylic acids is 1. The van der Waals surface area contributed by atoms with Crippen molar-refractivity contribution in [3.63, 3.8) is 0 Å². The van der Waals surface area contributed by atoms with Gasteiger partial charge in [0.05, 0.1) is 6.61 Å². The number of aliphatic hydroxyl groups is 1. The van der Waals surface area contributed by atoms with Gasteiger partial charge >= 0.3 is 5.97 Å². The summed E-state index contributed by atoms with van der Waals surface area (Å²) >= 11 is 0. The smallest absolute Gasteiger partial charge is 0.325 e. The van der Waals surface area contributed by atoms with Gasteiger partial charge in [-0.15, -0.1) is 0 Å². The number of carbonyl (C=O) groups is 4. The van der Waals surface area contributed by atoms with Crippen molar-refractivity contribution >= 4 is 23.7 Å².